The first kappa shape index (κ1) is 30.5. The molecule has 11 heteroatoms. The zero-order valence-corrected chi connectivity index (χ0v) is 23.6. The van der Waals surface area contributed by atoms with Crippen molar-refractivity contribution < 1.29 is 36.8 Å². The van der Waals surface area contributed by atoms with E-state index >= 15 is 0 Å². The number of nitrogens with zero attached hydrogens (tertiary/aromatic N) is 3. The lowest BCUT2D eigenvalue weighted by atomic mass is 9.87. The van der Waals surface area contributed by atoms with Gasteiger partial charge in [0.25, 0.3) is 0 Å². The molecule has 0 radical (unpaired) electrons. The fraction of sp³-hybridized carbons (Fsp3) is 0.533. The van der Waals surface area contributed by atoms with Gasteiger partial charge in [-0.3, -0.25) is 14.3 Å². The van der Waals surface area contributed by atoms with Crippen molar-refractivity contribution in [2.75, 3.05) is 0 Å². The number of carbonyl (C=O) groups is 2. The number of alkyl halides is 3. The lowest BCUT2D eigenvalue weighted by Crippen LogP contribution is -2.14. The van der Waals surface area contributed by atoms with Crippen LogP contribution in [0.4, 0.5) is 17.6 Å². The highest BCUT2D eigenvalue weighted by Crippen LogP contribution is 2.50. The standard InChI is InChI=1S/C30H35F4N3O4/c1-17-5-6-19(23(31)13-17)14-21(38)15-20(9-10-24(39)40)26-25(18-7-8-18)27(41-36-26)22-16-37(12-11-29(2,3)4)35-28(22)30(32,33)34/h5-6,13,16,18,20H,7-12,14-15H2,1-4H3,(H,39,40)/t20-/m0/s1. The van der Waals surface area contributed by atoms with E-state index in [4.69, 9.17) is 4.52 Å². The molecule has 1 aliphatic carbocycles. The Labute approximate surface area is 235 Å². The van der Waals surface area contributed by atoms with Crippen LogP contribution in [-0.2, 0) is 28.7 Å². The number of Topliss-reactive ketones (excluding diaryl/α,β-unsaturated/α-hetero) is 1. The SMILES string of the molecule is Cc1ccc(CC(=O)C[C@H](CCC(=O)O)c2noc(-c3cn(CCC(C)(C)C)nc3C(F)(F)F)c2C2CC2)c(F)c1. The molecule has 2 aromatic heterocycles. The number of ketones is 1. The van der Waals surface area contributed by atoms with E-state index < -0.39 is 29.6 Å². The van der Waals surface area contributed by atoms with Crippen LogP contribution in [0.25, 0.3) is 11.3 Å². The van der Waals surface area contributed by atoms with E-state index in [-0.39, 0.29) is 71.9 Å². The van der Waals surface area contributed by atoms with Gasteiger partial charge >= 0.3 is 12.1 Å². The summed E-state index contributed by atoms with van der Waals surface area (Å²) in [5.41, 5.74) is 0.267. The van der Waals surface area contributed by atoms with Crippen molar-refractivity contribution in [3.8, 4) is 11.3 Å². The molecule has 0 saturated heterocycles. The maximum absolute atomic E-state index is 14.4. The van der Waals surface area contributed by atoms with E-state index in [9.17, 15) is 32.3 Å². The van der Waals surface area contributed by atoms with Gasteiger partial charge in [0, 0.05) is 43.5 Å². The third-order valence-electron chi connectivity index (χ3n) is 7.27. The van der Waals surface area contributed by atoms with E-state index in [0.717, 1.165) is 0 Å². The number of carboxylic acid groups (broad SMARTS) is 1. The quantitative estimate of drug-likeness (QED) is 0.224. The van der Waals surface area contributed by atoms with Crippen molar-refractivity contribution in [3.05, 3.63) is 58.3 Å². The molecule has 0 amide bonds. The van der Waals surface area contributed by atoms with Gasteiger partial charge < -0.3 is 9.63 Å². The van der Waals surface area contributed by atoms with Crippen molar-refractivity contribution in [2.24, 2.45) is 5.41 Å². The summed E-state index contributed by atoms with van der Waals surface area (Å²) < 4.78 is 63.5. The minimum Gasteiger partial charge on any atom is -0.481 e. The van der Waals surface area contributed by atoms with Gasteiger partial charge in [-0.1, -0.05) is 38.1 Å². The Morgan fingerprint density at radius 1 is 1.20 bits per heavy atom. The molecule has 41 heavy (non-hydrogen) atoms. The lowest BCUT2D eigenvalue weighted by Gasteiger charge is -2.17. The average Bonchev–Trinajstić information content (AvgIpc) is 3.43. The first-order valence-electron chi connectivity index (χ1n) is 13.8. The summed E-state index contributed by atoms with van der Waals surface area (Å²) in [5, 5.41) is 17.3. The van der Waals surface area contributed by atoms with Gasteiger partial charge in [-0.15, -0.1) is 0 Å². The monoisotopic (exact) mass is 577 g/mol. The van der Waals surface area contributed by atoms with Gasteiger partial charge in [0.15, 0.2) is 11.5 Å². The first-order valence-corrected chi connectivity index (χ1v) is 13.8. The number of benzene rings is 1. The van der Waals surface area contributed by atoms with Crippen LogP contribution in [0.3, 0.4) is 0 Å². The molecule has 222 valence electrons. The molecule has 2 heterocycles. The topological polar surface area (TPSA) is 98.2 Å². The first-order chi connectivity index (χ1) is 19.1. The number of aromatic nitrogens is 3. The minimum atomic E-state index is -4.74. The molecule has 1 N–H and O–H groups in total. The summed E-state index contributed by atoms with van der Waals surface area (Å²) in [6, 6.07) is 4.57. The van der Waals surface area contributed by atoms with Crippen LogP contribution >= 0.6 is 0 Å². The summed E-state index contributed by atoms with van der Waals surface area (Å²) in [6.45, 7) is 7.97. The van der Waals surface area contributed by atoms with Gasteiger partial charge in [-0.05, 0) is 61.1 Å². The van der Waals surface area contributed by atoms with Crippen LogP contribution in [-0.4, -0.2) is 31.8 Å². The lowest BCUT2D eigenvalue weighted by molar-refractivity contribution is -0.141. The van der Waals surface area contributed by atoms with Crippen LogP contribution in [0.2, 0.25) is 0 Å². The van der Waals surface area contributed by atoms with Crippen molar-refractivity contribution in [2.45, 2.75) is 97.2 Å². The van der Waals surface area contributed by atoms with Crippen molar-refractivity contribution in [1.82, 2.24) is 14.9 Å². The van der Waals surface area contributed by atoms with Gasteiger partial charge in [0.1, 0.15) is 11.6 Å². The predicted molar refractivity (Wildman–Crippen MR) is 143 cm³/mol. The van der Waals surface area contributed by atoms with Crippen LogP contribution < -0.4 is 0 Å². The Balaban J connectivity index is 1.70. The van der Waals surface area contributed by atoms with E-state index in [1.54, 1.807) is 13.0 Å². The zero-order valence-electron chi connectivity index (χ0n) is 23.6. The molecule has 0 aliphatic heterocycles. The fourth-order valence-electron chi connectivity index (χ4n) is 4.91. The number of hydrogen-bond donors (Lipinski definition) is 1. The van der Waals surface area contributed by atoms with Crippen LogP contribution in [0.15, 0.2) is 28.9 Å². The Morgan fingerprint density at radius 2 is 1.90 bits per heavy atom. The zero-order chi connectivity index (χ0) is 30.1. The normalized spacial score (nSPS) is 14.8. The number of rotatable bonds is 12. The summed E-state index contributed by atoms with van der Waals surface area (Å²) in [4.78, 5) is 24.5. The molecule has 1 atom stereocenters. The van der Waals surface area contributed by atoms with Gasteiger partial charge in [0.2, 0.25) is 0 Å². The molecule has 3 aromatic rings. The molecular weight excluding hydrogens is 542 g/mol. The van der Waals surface area contributed by atoms with E-state index in [1.807, 2.05) is 20.8 Å². The third kappa shape index (κ3) is 7.83. The molecule has 1 aromatic carbocycles. The second-order valence-electron chi connectivity index (χ2n) is 12.2. The largest absolute Gasteiger partial charge is 0.481 e. The Kier molecular flexibility index (Phi) is 8.75. The molecule has 0 bridgehead atoms. The highest BCUT2D eigenvalue weighted by molar-refractivity contribution is 5.82. The average molecular weight is 578 g/mol. The molecule has 4 rings (SSSR count). The van der Waals surface area contributed by atoms with Gasteiger partial charge in [0.05, 0.1) is 11.3 Å². The smallest absolute Gasteiger partial charge is 0.435 e. The highest BCUT2D eigenvalue weighted by atomic mass is 19.4. The molecule has 1 aliphatic rings. The summed E-state index contributed by atoms with van der Waals surface area (Å²) in [6.07, 6.45) is -2.01. The number of aryl methyl sites for hydroxylation is 2. The van der Waals surface area contributed by atoms with Crippen molar-refractivity contribution in [1.29, 1.82) is 0 Å². The van der Waals surface area contributed by atoms with Crippen molar-refractivity contribution in [3.63, 3.8) is 0 Å². The Hall–Kier alpha value is -3.50. The third-order valence-corrected chi connectivity index (χ3v) is 7.27. The Bertz CT molecular complexity index is 1410. The summed E-state index contributed by atoms with van der Waals surface area (Å²) in [5.74, 6) is -2.81. The van der Waals surface area contributed by atoms with E-state index in [0.29, 0.717) is 30.4 Å². The second-order valence-corrected chi connectivity index (χ2v) is 12.2. The van der Waals surface area contributed by atoms with Crippen molar-refractivity contribution >= 4 is 11.8 Å². The van der Waals surface area contributed by atoms with Crippen LogP contribution in [0.1, 0.15) is 99.2 Å². The fourth-order valence-corrected chi connectivity index (χ4v) is 4.91. The molecular formula is C30H35F4N3O4. The van der Waals surface area contributed by atoms with E-state index in [1.165, 1.54) is 23.0 Å². The predicted octanol–water partition coefficient (Wildman–Crippen LogP) is 7.47. The molecule has 7 nitrogen and oxygen atoms in total. The van der Waals surface area contributed by atoms with Crippen LogP contribution in [0.5, 0.6) is 0 Å². The Morgan fingerprint density at radius 3 is 2.49 bits per heavy atom. The maximum atomic E-state index is 14.4. The number of hydrogen-bond acceptors (Lipinski definition) is 5. The highest BCUT2D eigenvalue weighted by Gasteiger charge is 2.42. The van der Waals surface area contributed by atoms with Gasteiger partial charge in [-0.2, -0.15) is 18.3 Å². The molecule has 1 fully saturated rings. The minimum absolute atomic E-state index is 0.0279. The number of aliphatic carboxylic acids is 1. The molecule has 1 saturated carbocycles. The number of carbonyl (C=O) groups excluding carboxylic acids is 1. The number of halogens is 4. The summed E-state index contributed by atoms with van der Waals surface area (Å²) >= 11 is 0. The number of carboxylic acids is 1. The van der Waals surface area contributed by atoms with Gasteiger partial charge in [-0.25, -0.2) is 4.39 Å². The molecule has 0 spiro atoms. The van der Waals surface area contributed by atoms with E-state index in [2.05, 4.69) is 10.3 Å². The van der Waals surface area contributed by atoms with Crippen LogP contribution in [0, 0.1) is 18.2 Å². The molecule has 0 unspecified atom stereocenters. The second kappa shape index (κ2) is 11.8. The summed E-state index contributed by atoms with van der Waals surface area (Å²) in [7, 11) is 0. The maximum Gasteiger partial charge on any atom is 0.435 e.